The third-order valence-corrected chi connectivity index (χ3v) is 5.68. The van der Waals surface area contributed by atoms with Gasteiger partial charge in [0.1, 0.15) is 12.1 Å². The number of thioether (sulfide) groups is 1. The summed E-state index contributed by atoms with van der Waals surface area (Å²) in [6.07, 6.45) is 1.14. The van der Waals surface area contributed by atoms with Crippen molar-refractivity contribution in [3.63, 3.8) is 0 Å². The highest BCUT2D eigenvalue weighted by molar-refractivity contribution is 8.14. The van der Waals surface area contributed by atoms with Gasteiger partial charge in [0, 0.05) is 26.8 Å². The molecule has 0 spiro atoms. The fraction of sp³-hybridized carbons (Fsp3) is 0.286. The van der Waals surface area contributed by atoms with Crippen LogP contribution in [0.4, 0.5) is 5.95 Å². The van der Waals surface area contributed by atoms with Crippen molar-refractivity contribution < 1.29 is 19.4 Å². The van der Waals surface area contributed by atoms with Crippen LogP contribution >= 0.6 is 11.8 Å². The fourth-order valence-electron chi connectivity index (χ4n) is 3.22. The monoisotopic (exact) mass is 470 g/mol. The second-order valence-electron chi connectivity index (χ2n) is 7.34. The van der Waals surface area contributed by atoms with Crippen LogP contribution in [0.15, 0.2) is 58.0 Å². The number of nitrogens with zero attached hydrogens (tertiary/aromatic N) is 5. The molecule has 2 atom stereocenters. The molecule has 11 nitrogen and oxygen atoms in total. The summed E-state index contributed by atoms with van der Waals surface area (Å²) in [6.45, 7) is 0. The third-order valence-electron chi connectivity index (χ3n) is 4.78. The first-order valence-corrected chi connectivity index (χ1v) is 10.9. The Kier molecular flexibility index (Phi) is 6.47. The Morgan fingerprint density at radius 3 is 2.85 bits per heavy atom. The number of rotatable bonds is 7. The van der Waals surface area contributed by atoms with Crippen molar-refractivity contribution in [2.24, 2.45) is 4.99 Å². The summed E-state index contributed by atoms with van der Waals surface area (Å²) in [7, 11) is 5.00. The maximum Gasteiger partial charge on any atom is 0.280 e. The molecule has 172 valence electrons. The molecule has 0 saturated heterocycles. The van der Waals surface area contributed by atoms with Gasteiger partial charge in [-0.15, -0.1) is 0 Å². The van der Waals surface area contributed by atoms with Gasteiger partial charge in [-0.25, -0.2) is 9.98 Å². The third kappa shape index (κ3) is 4.61. The number of aliphatic imine (C=N–C) groups is 1. The molecular formula is C21H22N6O5S. The van der Waals surface area contributed by atoms with Gasteiger partial charge >= 0.3 is 0 Å². The van der Waals surface area contributed by atoms with Crippen LogP contribution in [0.25, 0.3) is 11.2 Å². The Hall–Kier alpha value is -3.64. The molecule has 0 bridgehead atoms. The molecular weight excluding hydrogens is 448 g/mol. The molecule has 0 fully saturated rings. The van der Waals surface area contributed by atoms with Crippen LogP contribution in [0.1, 0.15) is 16.6 Å². The molecule has 0 radical (unpaired) electrons. The topological polar surface area (TPSA) is 135 Å². The lowest BCUT2D eigenvalue weighted by atomic mass is 10.2. The van der Waals surface area contributed by atoms with Crippen molar-refractivity contribution in [2.45, 2.75) is 12.3 Å². The van der Waals surface area contributed by atoms with Crippen LogP contribution in [0.5, 0.6) is 0 Å². The van der Waals surface area contributed by atoms with E-state index in [9.17, 15) is 14.7 Å². The molecule has 0 aliphatic carbocycles. The van der Waals surface area contributed by atoms with E-state index in [1.165, 1.54) is 24.3 Å². The van der Waals surface area contributed by atoms with E-state index in [-0.39, 0.29) is 39.5 Å². The summed E-state index contributed by atoms with van der Waals surface area (Å²) in [4.78, 5) is 41.7. The van der Waals surface area contributed by atoms with E-state index in [2.05, 4.69) is 19.9 Å². The molecule has 4 rings (SSSR count). The van der Waals surface area contributed by atoms with Crippen molar-refractivity contribution in [2.75, 3.05) is 27.0 Å². The second-order valence-corrected chi connectivity index (χ2v) is 8.29. The van der Waals surface area contributed by atoms with Gasteiger partial charge in [-0.2, -0.15) is 4.98 Å². The summed E-state index contributed by atoms with van der Waals surface area (Å²) >= 11 is 1.00. The van der Waals surface area contributed by atoms with Crippen molar-refractivity contribution >= 4 is 40.3 Å². The molecule has 12 heteroatoms. The van der Waals surface area contributed by atoms with Gasteiger partial charge < -0.3 is 19.5 Å². The summed E-state index contributed by atoms with van der Waals surface area (Å²) in [6, 6.07) is 8.83. The van der Waals surface area contributed by atoms with E-state index in [1.54, 1.807) is 43.3 Å². The number of H-pyrrole nitrogens is 1. The molecule has 2 N–H and O–H groups in total. The Morgan fingerprint density at radius 1 is 1.39 bits per heavy atom. The van der Waals surface area contributed by atoms with E-state index >= 15 is 0 Å². The lowest BCUT2D eigenvalue weighted by molar-refractivity contribution is -0.0281. The van der Waals surface area contributed by atoms with Crippen LogP contribution in [0.3, 0.4) is 0 Å². The highest BCUT2D eigenvalue weighted by atomic mass is 32.2. The average Bonchev–Trinajstić information content (AvgIpc) is 3.37. The molecule has 3 aromatic rings. The first kappa shape index (κ1) is 22.6. The number of nitrogens with one attached hydrogen (secondary N) is 1. The number of ether oxygens (including phenoxy) is 2. The average molecular weight is 471 g/mol. The zero-order chi connectivity index (χ0) is 23.5. The SMILES string of the molecule is CO[C@H]1C(O)=C(CSC(=O)c2ccccc2)OC1n1cnc2c(=O)[nH]c(N=CN(C)C)nc21. The van der Waals surface area contributed by atoms with Crippen molar-refractivity contribution in [3.8, 4) is 0 Å². The van der Waals surface area contributed by atoms with Gasteiger partial charge in [-0.1, -0.05) is 42.1 Å². The van der Waals surface area contributed by atoms with Crippen LogP contribution in [0, 0.1) is 0 Å². The largest absolute Gasteiger partial charge is 0.506 e. The molecule has 3 heterocycles. The number of carbonyl (C=O) groups is 1. The number of hydrogen-bond donors (Lipinski definition) is 2. The van der Waals surface area contributed by atoms with Gasteiger partial charge in [0.15, 0.2) is 23.0 Å². The van der Waals surface area contributed by atoms with Crippen molar-refractivity contribution in [3.05, 3.63) is 64.1 Å². The van der Waals surface area contributed by atoms with E-state index in [0.717, 1.165) is 11.8 Å². The number of aliphatic hydroxyl groups excluding tert-OH is 1. The lowest BCUT2D eigenvalue weighted by Crippen LogP contribution is -2.24. The maximum absolute atomic E-state index is 12.4. The van der Waals surface area contributed by atoms with Gasteiger partial charge in [0.25, 0.3) is 5.56 Å². The predicted octanol–water partition coefficient (Wildman–Crippen LogP) is 2.23. The number of aliphatic hydroxyl groups is 1. The molecule has 1 aliphatic heterocycles. The smallest absolute Gasteiger partial charge is 0.280 e. The lowest BCUT2D eigenvalue weighted by Gasteiger charge is -2.19. The molecule has 33 heavy (non-hydrogen) atoms. The van der Waals surface area contributed by atoms with E-state index in [1.807, 2.05) is 6.07 Å². The van der Waals surface area contributed by atoms with Gasteiger partial charge in [0.05, 0.1) is 12.1 Å². The fourth-order valence-corrected chi connectivity index (χ4v) is 4.00. The highest BCUT2D eigenvalue weighted by Gasteiger charge is 2.40. The second kappa shape index (κ2) is 9.46. The maximum atomic E-state index is 12.4. The van der Waals surface area contributed by atoms with Crippen LogP contribution in [-0.2, 0) is 9.47 Å². The van der Waals surface area contributed by atoms with Gasteiger partial charge in [-0.3, -0.25) is 19.1 Å². The van der Waals surface area contributed by atoms with Crippen LogP contribution in [-0.4, -0.2) is 74.0 Å². The Balaban J connectivity index is 1.59. The number of hydrogen-bond acceptors (Lipinski definition) is 9. The number of benzene rings is 1. The Bertz CT molecular complexity index is 1280. The van der Waals surface area contributed by atoms with E-state index in [0.29, 0.717) is 5.56 Å². The number of carbonyl (C=O) groups excluding carboxylic acids is 1. The Labute approximate surface area is 192 Å². The zero-order valence-corrected chi connectivity index (χ0v) is 18.9. The normalized spacial score (nSPS) is 18.3. The summed E-state index contributed by atoms with van der Waals surface area (Å²) in [5.41, 5.74) is 0.408. The summed E-state index contributed by atoms with van der Waals surface area (Å²) < 4.78 is 12.9. The van der Waals surface area contributed by atoms with E-state index < -0.39 is 17.9 Å². The van der Waals surface area contributed by atoms with Gasteiger partial charge in [0.2, 0.25) is 17.3 Å². The first-order chi connectivity index (χ1) is 15.9. The number of fused-ring (bicyclic) bond motifs is 1. The number of aromatic amines is 1. The zero-order valence-electron chi connectivity index (χ0n) is 18.1. The molecule has 1 aliphatic rings. The van der Waals surface area contributed by atoms with Crippen molar-refractivity contribution in [1.82, 2.24) is 24.4 Å². The molecule has 1 aromatic carbocycles. The standard InChI is InChI=1S/C21H22N6O5S/c1-26(2)10-23-21-24-17-14(18(29)25-21)22-11-27(17)19-16(31-3)15(28)13(32-19)9-33-20(30)12-7-5-4-6-8-12/h4-8,10-11,16,19,28H,9H2,1-3H3,(H,24,25,29)/t16-,19?/m0/s1. The summed E-state index contributed by atoms with van der Waals surface area (Å²) in [5, 5.41) is 10.5. The molecule has 0 saturated carbocycles. The van der Waals surface area contributed by atoms with Crippen LogP contribution < -0.4 is 5.56 Å². The number of aromatic nitrogens is 4. The predicted molar refractivity (Wildman–Crippen MR) is 124 cm³/mol. The quantitative estimate of drug-likeness (QED) is 0.394. The molecule has 1 unspecified atom stereocenters. The summed E-state index contributed by atoms with van der Waals surface area (Å²) in [5.74, 6) is 0.276. The molecule has 2 aromatic heterocycles. The minimum atomic E-state index is -0.875. The number of methoxy groups -OCH3 is 1. The van der Waals surface area contributed by atoms with Crippen LogP contribution in [0.2, 0.25) is 0 Å². The minimum absolute atomic E-state index is 0.0938. The number of imidazole rings is 1. The first-order valence-electron chi connectivity index (χ1n) is 9.90. The van der Waals surface area contributed by atoms with Crippen molar-refractivity contribution in [1.29, 1.82) is 0 Å². The van der Waals surface area contributed by atoms with E-state index in [4.69, 9.17) is 9.47 Å². The minimum Gasteiger partial charge on any atom is -0.506 e. The molecule has 0 amide bonds. The van der Waals surface area contributed by atoms with Gasteiger partial charge in [-0.05, 0) is 0 Å². The Morgan fingerprint density at radius 2 is 2.15 bits per heavy atom. The highest BCUT2D eigenvalue weighted by Crippen LogP contribution is 2.36.